The highest BCUT2D eigenvalue weighted by Crippen LogP contribution is 2.13. The van der Waals surface area contributed by atoms with Gasteiger partial charge in [-0.25, -0.2) is 9.97 Å². The van der Waals surface area contributed by atoms with Crippen molar-refractivity contribution in [2.24, 2.45) is 0 Å². The molecule has 3 rings (SSSR count). The van der Waals surface area contributed by atoms with Crippen LogP contribution in [0.4, 0.5) is 5.82 Å². The number of rotatable bonds is 5. The van der Waals surface area contributed by atoms with Crippen LogP contribution in [0.3, 0.4) is 0 Å². The molecule has 1 amide bonds. The van der Waals surface area contributed by atoms with Crippen molar-refractivity contribution in [3.8, 4) is 0 Å². The average Bonchev–Trinajstić information content (AvgIpc) is 3.05. The monoisotopic (exact) mass is 360 g/mol. The molecule has 1 aliphatic rings. The molecular weight excluding hydrogens is 340 g/mol. The number of carbonyl (C=O) groups excluding carboxylic acids is 2. The highest BCUT2D eigenvalue weighted by Gasteiger charge is 2.22. The van der Waals surface area contributed by atoms with Gasteiger partial charge in [-0.3, -0.25) is 9.59 Å². The topological polar surface area (TPSA) is 75.6 Å². The number of anilines is 1. The predicted octanol–water partition coefficient (Wildman–Crippen LogP) is 1.28. The standard InChI is InChI=1S/C17H20N4O3S/c1-13-19-14(12-25-13)10-17(23)24-11-16(22)21-8-6-20(7-9-21)15-4-2-3-5-18-15/h2-5,12H,6-11H2,1H3. The average molecular weight is 360 g/mol. The van der Waals surface area contributed by atoms with Crippen molar-refractivity contribution in [1.29, 1.82) is 0 Å². The molecule has 0 aromatic carbocycles. The molecule has 0 bridgehead atoms. The third kappa shape index (κ3) is 4.76. The first-order valence-corrected chi connectivity index (χ1v) is 9.00. The van der Waals surface area contributed by atoms with Gasteiger partial charge in [0.05, 0.1) is 17.1 Å². The predicted molar refractivity (Wildman–Crippen MR) is 94.5 cm³/mol. The largest absolute Gasteiger partial charge is 0.455 e. The van der Waals surface area contributed by atoms with E-state index in [9.17, 15) is 9.59 Å². The Hall–Kier alpha value is -2.48. The molecule has 8 heteroatoms. The summed E-state index contributed by atoms with van der Waals surface area (Å²) in [6, 6.07) is 5.78. The molecule has 1 fully saturated rings. The number of hydrogen-bond donors (Lipinski definition) is 0. The van der Waals surface area contributed by atoms with Gasteiger partial charge >= 0.3 is 5.97 Å². The molecule has 1 aliphatic heterocycles. The van der Waals surface area contributed by atoms with Gasteiger partial charge in [0.1, 0.15) is 5.82 Å². The number of piperazine rings is 1. The molecule has 132 valence electrons. The Morgan fingerprint density at radius 2 is 2.04 bits per heavy atom. The van der Waals surface area contributed by atoms with Gasteiger partial charge in [-0.05, 0) is 19.1 Å². The van der Waals surface area contributed by atoms with E-state index < -0.39 is 5.97 Å². The summed E-state index contributed by atoms with van der Waals surface area (Å²) in [6.45, 7) is 4.29. The molecule has 0 unspecified atom stereocenters. The SMILES string of the molecule is Cc1nc(CC(=O)OCC(=O)N2CCN(c3ccccn3)CC2)cs1. The van der Waals surface area contributed by atoms with E-state index in [1.165, 1.54) is 11.3 Å². The molecule has 1 saturated heterocycles. The lowest BCUT2D eigenvalue weighted by Crippen LogP contribution is -2.50. The minimum atomic E-state index is -0.425. The summed E-state index contributed by atoms with van der Waals surface area (Å²) in [7, 11) is 0. The van der Waals surface area contributed by atoms with Crippen LogP contribution in [-0.2, 0) is 20.7 Å². The summed E-state index contributed by atoms with van der Waals surface area (Å²) in [5.41, 5.74) is 0.684. The van der Waals surface area contributed by atoms with Crippen molar-refractivity contribution in [1.82, 2.24) is 14.9 Å². The number of esters is 1. The second-order valence-corrected chi connectivity index (χ2v) is 6.81. The van der Waals surface area contributed by atoms with Gasteiger partial charge < -0.3 is 14.5 Å². The Morgan fingerprint density at radius 1 is 1.24 bits per heavy atom. The second kappa shape index (κ2) is 8.06. The van der Waals surface area contributed by atoms with E-state index in [2.05, 4.69) is 14.9 Å². The first kappa shape index (κ1) is 17.3. The molecule has 0 atom stereocenters. The molecule has 0 radical (unpaired) electrons. The maximum Gasteiger partial charge on any atom is 0.312 e. The highest BCUT2D eigenvalue weighted by molar-refractivity contribution is 7.09. The molecular formula is C17H20N4O3S. The van der Waals surface area contributed by atoms with E-state index in [1.807, 2.05) is 30.5 Å². The fourth-order valence-corrected chi connectivity index (χ4v) is 3.26. The van der Waals surface area contributed by atoms with E-state index in [1.54, 1.807) is 11.1 Å². The number of carbonyl (C=O) groups is 2. The third-order valence-corrected chi connectivity index (χ3v) is 4.78. The first-order chi connectivity index (χ1) is 12.1. The molecule has 3 heterocycles. The summed E-state index contributed by atoms with van der Waals surface area (Å²) < 4.78 is 5.09. The molecule has 0 N–H and O–H groups in total. The first-order valence-electron chi connectivity index (χ1n) is 8.12. The number of hydrogen-bond acceptors (Lipinski definition) is 7. The Bertz CT molecular complexity index is 727. The molecule has 0 saturated carbocycles. The van der Waals surface area contributed by atoms with Gasteiger partial charge in [-0.1, -0.05) is 6.07 Å². The van der Waals surface area contributed by atoms with Crippen LogP contribution >= 0.6 is 11.3 Å². The van der Waals surface area contributed by atoms with Crippen molar-refractivity contribution in [2.75, 3.05) is 37.7 Å². The quantitative estimate of drug-likeness (QED) is 0.748. The van der Waals surface area contributed by atoms with Crippen LogP contribution in [-0.4, -0.2) is 59.5 Å². The van der Waals surface area contributed by atoms with E-state index >= 15 is 0 Å². The van der Waals surface area contributed by atoms with Gasteiger partial charge in [-0.2, -0.15) is 0 Å². The summed E-state index contributed by atoms with van der Waals surface area (Å²) in [5, 5.41) is 2.74. The summed E-state index contributed by atoms with van der Waals surface area (Å²) in [4.78, 5) is 36.4. The van der Waals surface area contributed by atoms with Crippen molar-refractivity contribution in [3.63, 3.8) is 0 Å². The normalized spacial score (nSPS) is 14.4. The maximum atomic E-state index is 12.2. The number of aromatic nitrogens is 2. The number of nitrogens with zero attached hydrogens (tertiary/aromatic N) is 4. The lowest BCUT2D eigenvalue weighted by molar-refractivity contribution is -0.151. The Balaban J connectivity index is 1.41. The summed E-state index contributed by atoms with van der Waals surface area (Å²) in [6.07, 6.45) is 1.86. The van der Waals surface area contributed by atoms with Crippen LogP contribution in [0.1, 0.15) is 10.7 Å². The van der Waals surface area contributed by atoms with Gasteiger partial charge in [0, 0.05) is 37.8 Å². The lowest BCUT2D eigenvalue weighted by atomic mass is 10.3. The maximum absolute atomic E-state index is 12.2. The Kier molecular flexibility index (Phi) is 5.60. The van der Waals surface area contributed by atoms with Gasteiger partial charge in [-0.15, -0.1) is 11.3 Å². The fraction of sp³-hybridized carbons (Fsp3) is 0.412. The van der Waals surface area contributed by atoms with Gasteiger partial charge in [0.25, 0.3) is 5.91 Å². The van der Waals surface area contributed by atoms with E-state index in [0.717, 1.165) is 23.9 Å². The molecule has 0 spiro atoms. The fourth-order valence-electron chi connectivity index (χ4n) is 2.65. The van der Waals surface area contributed by atoms with E-state index in [0.29, 0.717) is 18.8 Å². The number of amides is 1. The Morgan fingerprint density at radius 3 is 2.68 bits per heavy atom. The lowest BCUT2D eigenvalue weighted by Gasteiger charge is -2.35. The molecule has 7 nitrogen and oxygen atoms in total. The number of pyridine rings is 1. The van der Waals surface area contributed by atoms with Crippen LogP contribution in [0.5, 0.6) is 0 Å². The molecule has 0 aliphatic carbocycles. The van der Waals surface area contributed by atoms with E-state index in [-0.39, 0.29) is 18.9 Å². The van der Waals surface area contributed by atoms with Crippen LogP contribution < -0.4 is 4.90 Å². The van der Waals surface area contributed by atoms with Crippen LogP contribution in [0.15, 0.2) is 29.8 Å². The van der Waals surface area contributed by atoms with Gasteiger partial charge in [0.15, 0.2) is 6.61 Å². The van der Waals surface area contributed by atoms with Crippen molar-refractivity contribution in [2.45, 2.75) is 13.3 Å². The zero-order chi connectivity index (χ0) is 17.6. The van der Waals surface area contributed by atoms with E-state index in [4.69, 9.17) is 4.74 Å². The smallest absolute Gasteiger partial charge is 0.312 e. The van der Waals surface area contributed by atoms with Crippen LogP contribution in [0.25, 0.3) is 0 Å². The van der Waals surface area contributed by atoms with Crippen molar-refractivity contribution in [3.05, 3.63) is 40.5 Å². The molecule has 2 aromatic heterocycles. The number of thiazole rings is 1. The summed E-state index contributed by atoms with van der Waals surface area (Å²) in [5.74, 6) is 0.328. The minimum Gasteiger partial charge on any atom is -0.455 e. The highest BCUT2D eigenvalue weighted by atomic mass is 32.1. The number of ether oxygens (including phenoxy) is 1. The van der Waals surface area contributed by atoms with Crippen molar-refractivity contribution >= 4 is 29.0 Å². The molecule has 25 heavy (non-hydrogen) atoms. The third-order valence-electron chi connectivity index (χ3n) is 3.95. The van der Waals surface area contributed by atoms with Crippen molar-refractivity contribution < 1.29 is 14.3 Å². The second-order valence-electron chi connectivity index (χ2n) is 5.75. The van der Waals surface area contributed by atoms with Crippen LogP contribution in [0.2, 0.25) is 0 Å². The summed E-state index contributed by atoms with van der Waals surface area (Å²) >= 11 is 1.49. The minimum absolute atomic E-state index is 0.102. The van der Waals surface area contributed by atoms with Crippen LogP contribution in [0, 0.1) is 6.92 Å². The zero-order valence-corrected chi connectivity index (χ0v) is 14.9. The zero-order valence-electron chi connectivity index (χ0n) is 14.1. The van der Waals surface area contributed by atoms with Gasteiger partial charge in [0.2, 0.25) is 0 Å². The Labute approximate surface area is 150 Å². The number of aryl methyl sites for hydroxylation is 1. The molecule has 2 aromatic rings.